The molecule has 0 atom stereocenters. The maximum absolute atomic E-state index is 5.61. The van der Waals surface area contributed by atoms with Crippen LogP contribution in [0.15, 0.2) is 34.9 Å². The molecule has 0 fully saturated rings. The van der Waals surface area contributed by atoms with E-state index in [1.54, 1.807) is 6.26 Å². The Morgan fingerprint density at radius 2 is 2.05 bits per heavy atom. The number of aromatic nitrogens is 1. The second-order valence-corrected chi connectivity index (χ2v) is 5.87. The lowest BCUT2D eigenvalue weighted by molar-refractivity contribution is 0.260. The van der Waals surface area contributed by atoms with Gasteiger partial charge in [-0.2, -0.15) is 0 Å². The summed E-state index contributed by atoms with van der Waals surface area (Å²) in [5, 5.41) is 3.46. The van der Waals surface area contributed by atoms with Gasteiger partial charge in [0.25, 0.3) is 0 Å². The number of hydrogen-bond donors (Lipinski definition) is 1. The second-order valence-electron chi connectivity index (χ2n) is 5.87. The minimum atomic E-state index is 0.0981. The first-order valence-electron chi connectivity index (χ1n) is 6.81. The smallest absolute Gasteiger partial charge is 0.213 e. The number of nitrogens with zero attached hydrogens (tertiary/aromatic N) is 1. The molecule has 0 unspecified atom stereocenters. The van der Waals surface area contributed by atoms with E-state index in [2.05, 4.69) is 37.1 Å². The molecule has 108 valence electrons. The van der Waals surface area contributed by atoms with Crippen molar-refractivity contribution in [1.29, 1.82) is 0 Å². The topological polar surface area (TPSA) is 47.3 Å². The first-order valence-corrected chi connectivity index (χ1v) is 6.81. The van der Waals surface area contributed by atoms with Gasteiger partial charge in [0, 0.05) is 23.8 Å². The molecule has 0 aliphatic heterocycles. The first-order chi connectivity index (χ1) is 9.44. The molecule has 1 N–H and O–H groups in total. The van der Waals surface area contributed by atoms with Crippen molar-refractivity contribution < 1.29 is 9.15 Å². The summed E-state index contributed by atoms with van der Waals surface area (Å²) in [7, 11) is 0. The number of rotatable bonds is 5. The largest absolute Gasteiger partial charge is 0.469 e. The van der Waals surface area contributed by atoms with Crippen LogP contribution < -0.4 is 10.1 Å². The number of aryl methyl sites for hydroxylation is 1. The molecule has 4 heteroatoms. The predicted octanol–water partition coefficient (Wildman–Crippen LogP) is 3.45. The van der Waals surface area contributed by atoms with Crippen LogP contribution in [0.1, 0.15) is 37.8 Å². The standard InChI is InChI=1S/C16H22N2O2/c1-12-13(10-17-16(2,3)4)7-8-15(18-12)20-11-14-6-5-9-19-14/h5-9,17H,10-11H2,1-4H3. The molecule has 4 nitrogen and oxygen atoms in total. The molecule has 2 aromatic rings. The lowest BCUT2D eigenvalue weighted by atomic mass is 10.1. The normalized spacial score (nSPS) is 11.6. The Bertz CT molecular complexity index is 542. The van der Waals surface area contributed by atoms with Crippen LogP contribution >= 0.6 is 0 Å². The summed E-state index contributed by atoms with van der Waals surface area (Å²) in [6, 6.07) is 7.68. The third kappa shape index (κ3) is 4.38. The van der Waals surface area contributed by atoms with E-state index in [1.165, 1.54) is 5.56 Å². The minimum Gasteiger partial charge on any atom is -0.469 e. The Balaban J connectivity index is 1.95. The summed E-state index contributed by atoms with van der Waals surface area (Å²) >= 11 is 0. The zero-order valence-corrected chi connectivity index (χ0v) is 12.6. The maximum atomic E-state index is 5.61. The third-order valence-corrected chi connectivity index (χ3v) is 2.92. The molecule has 2 heterocycles. The van der Waals surface area contributed by atoms with Gasteiger partial charge in [-0.15, -0.1) is 0 Å². The van der Waals surface area contributed by atoms with Gasteiger partial charge >= 0.3 is 0 Å². The molecule has 2 aromatic heterocycles. The van der Waals surface area contributed by atoms with E-state index in [9.17, 15) is 0 Å². The molecule has 20 heavy (non-hydrogen) atoms. The summed E-state index contributed by atoms with van der Waals surface area (Å²) in [4.78, 5) is 4.47. The predicted molar refractivity (Wildman–Crippen MR) is 78.6 cm³/mol. The number of nitrogens with one attached hydrogen (secondary N) is 1. The summed E-state index contributed by atoms with van der Waals surface area (Å²) in [5.41, 5.74) is 2.27. The first kappa shape index (κ1) is 14.6. The molecule has 0 spiro atoms. The van der Waals surface area contributed by atoms with E-state index in [0.717, 1.165) is 18.0 Å². The van der Waals surface area contributed by atoms with E-state index in [0.29, 0.717) is 12.5 Å². The van der Waals surface area contributed by atoms with Crippen molar-refractivity contribution in [3.63, 3.8) is 0 Å². The van der Waals surface area contributed by atoms with Gasteiger partial charge in [-0.05, 0) is 45.4 Å². The van der Waals surface area contributed by atoms with Crippen molar-refractivity contribution in [3.8, 4) is 5.88 Å². The Kier molecular flexibility index (Phi) is 4.45. The van der Waals surface area contributed by atoms with Crippen LogP contribution in [0, 0.1) is 6.92 Å². The Labute approximate surface area is 120 Å². The highest BCUT2D eigenvalue weighted by Gasteiger charge is 2.10. The van der Waals surface area contributed by atoms with Gasteiger partial charge in [-0.25, -0.2) is 4.98 Å². The van der Waals surface area contributed by atoms with E-state index >= 15 is 0 Å². The molecule has 0 amide bonds. The van der Waals surface area contributed by atoms with Crippen LogP contribution in [0.3, 0.4) is 0 Å². The van der Waals surface area contributed by atoms with Crippen molar-refractivity contribution in [2.45, 2.75) is 46.4 Å². The van der Waals surface area contributed by atoms with Crippen molar-refractivity contribution >= 4 is 0 Å². The fourth-order valence-corrected chi connectivity index (χ4v) is 1.73. The summed E-state index contributed by atoms with van der Waals surface area (Å²) in [5.74, 6) is 1.42. The number of furan rings is 1. The molecule has 0 aliphatic rings. The average molecular weight is 274 g/mol. The zero-order valence-electron chi connectivity index (χ0n) is 12.6. The lowest BCUT2D eigenvalue weighted by Gasteiger charge is -2.21. The Morgan fingerprint density at radius 3 is 2.65 bits per heavy atom. The van der Waals surface area contributed by atoms with Crippen molar-refractivity contribution in [2.24, 2.45) is 0 Å². The highest BCUT2D eigenvalue weighted by atomic mass is 16.5. The van der Waals surface area contributed by atoms with Crippen molar-refractivity contribution in [3.05, 3.63) is 47.5 Å². The maximum Gasteiger partial charge on any atom is 0.213 e. The molecule has 0 radical (unpaired) electrons. The van der Waals surface area contributed by atoms with Crippen LogP contribution in [0.25, 0.3) is 0 Å². The van der Waals surface area contributed by atoms with E-state index < -0.39 is 0 Å². The number of ether oxygens (including phenoxy) is 1. The van der Waals surface area contributed by atoms with Gasteiger partial charge in [0.05, 0.1) is 6.26 Å². The van der Waals surface area contributed by atoms with Gasteiger partial charge < -0.3 is 14.5 Å². The number of pyridine rings is 1. The quantitative estimate of drug-likeness (QED) is 0.907. The van der Waals surface area contributed by atoms with Gasteiger partial charge in [0.1, 0.15) is 12.4 Å². The van der Waals surface area contributed by atoms with Gasteiger partial charge in [-0.3, -0.25) is 0 Å². The van der Waals surface area contributed by atoms with Crippen LogP contribution in [-0.4, -0.2) is 10.5 Å². The molecular weight excluding hydrogens is 252 g/mol. The van der Waals surface area contributed by atoms with Crippen LogP contribution in [0.5, 0.6) is 5.88 Å². The Hall–Kier alpha value is -1.81. The van der Waals surface area contributed by atoms with Crippen LogP contribution in [-0.2, 0) is 13.2 Å². The third-order valence-electron chi connectivity index (χ3n) is 2.92. The molecule has 0 saturated heterocycles. The molecule has 0 aliphatic carbocycles. The zero-order chi connectivity index (χ0) is 14.6. The van der Waals surface area contributed by atoms with E-state index in [4.69, 9.17) is 9.15 Å². The lowest BCUT2D eigenvalue weighted by Crippen LogP contribution is -2.35. The van der Waals surface area contributed by atoms with Crippen molar-refractivity contribution in [1.82, 2.24) is 10.3 Å². The minimum absolute atomic E-state index is 0.0981. The van der Waals surface area contributed by atoms with E-state index in [1.807, 2.05) is 25.1 Å². The second kappa shape index (κ2) is 6.09. The molecule has 0 saturated carbocycles. The van der Waals surface area contributed by atoms with Crippen LogP contribution in [0.2, 0.25) is 0 Å². The molecule has 0 aromatic carbocycles. The van der Waals surface area contributed by atoms with Gasteiger partial charge in [0.2, 0.25) is 5.88 Å². The highest BCUT2D eigenvalue weighted by molar-refractivity contribution is 5.25. The fourth-order valence-electron chi connectivity index (χ4n) is 1.73. The summed E-state index contributed by atoms with van der Waals surface area (Å²) in [6.07, 6.45) is 1.64. The fraction of sp³-hybridized carbons (Fsp3) is 0.438. The number of hydrogen-bond acceptors (Lipinski definition) is 4. The SMILES string of the molecule is Cc1nc(OCc2ccco2)ccc1CNC(C)(C)C. The average Bonchev–Trinajstić information content (AvgIpc) is 2.87. The van der Waals surface area contributed by atoms with Crippen LogP contribution in [0.4, 0.5) is 0 Å². The highest BCUT2D eigenvalue weighted by Crippen LogP contribution is 2.15. The molecule has 2 rings (SSSR count). The molecular formula is C16H22N2O2. The molecule has 0 bridgehead atoms. The summed E-state index contributed by atoms with van der Waals surface area (Å²) < 4.78 is 10.8. The van der Waals surface area contributed by atoms with Gasteiger partial charge in [-0.1, -0.05) is 6.07 Å². The summed E-state index contributed by atoms with van der Waals surface area (Å²) in [6.45, 7) is 9.66. The monoisotopic (exact) mass is 274 g/mol. The van der Waals surface area contributed by atoms with Gasteiger partial charge in [0.15, 0.2) is 0 Å². The van der Waals surface area contributed by atoms with E-state index in [-0.39, 0.29) is 5.54 Å². The van der Waals surface area contributed by atoms with Crippen molar-refractivity contribution in [2.75, 3.05) is 0 Å². The Morgan fingerprint density at radius 1 is 1.25 bits per heavy atom.